The molecule has 0 spiro atoms. The maximum absolute atomic E-state index is 9.47. The first-order chi connectivity index (χ1) is 6.70. The molecular formula is C9H7BrN2O2. The number of hydrogen-bond donors (Lipinski definition) is 1. The Bertz CT molecular complexity index is 487. The van der Waals surface area contributed by atoms with E-state index in [9.17, 15) is 5.11 Å². The number of phenols is 1. The zero-order valence-corrected chi connectivity index (χ0v) is 8.95. The number of rotatable bonds is 1. The lowest BCUT2D eigenvalue weighted by Crippen LogP contribution is -1.88. The second-order valence-corrected chi connectivity index (χ2v) is 3.52. The molecule has 5 heteroatoms. The fourth-order valence-electron chi connectivity index (χ4n) is 1.17. The van der Waals surface area contributed by atoms with Crippen LogP contribution in [0.3, 0.4) is 0 Å². The molecule has 0 fully saturated rings. The number of fused-ring (bicyclic) bond motifs is 1. The van der Waals surface area contributed by atoms with Crippen molar-refractivity contribution in [1.82, 2.24) is 9.97 Å². The molecule has 2 rings (SSSR count). The molecule has 14 heavy (non-hydrogen) atoms. The molecule has 1 aromatic heterocycles. The van der Waals surface area contributed by atoms with E-state index in [0.717, 1.165) is 0 Å². The zero-order valence-electron chi connectivity index (χ0n) is 7.36. The van der Waals surface area contributed by atoms with E-state index in [1.807, 2.05) is 0 Å². The first-order valence-corrected chi connectivity index (χ1v) is 4.69. The predicted octanol–water partition coefficient (Wildman–Crippen LogP) is 2.11. The molecule has 2 aromatic rings. The summed E-state index contributed by atoms with van der Waals surface area (Å²) >= 11 is 3.22. The molecule has 0 saturated carbocycles. The predicted molar refractivity (Wildman–Crippen MR) is 55.5 cm³/mol. The number of methoxy groups -OCH3 is 1. The second kappa shape index (κ2) is 3.42. The van der Waals surface area contributed by atoms with E-state index < -0.39 is 0 Å². The Morgan fingerprint density at radius 2 is 2.14 bits per heavy atom. The van der Waals surface area contributed by atoms with Crippen molar-refractivity contribution in [2.45, 2.75) is 0 Å². The number of aromatic hydroxyl groups is 1. The standard InChI is InChI=1S/C9H7BrN2O2/c1-14-8-3-6-5(2-7(8)13)11-4-9(10)12-6/h2-4,13H,1H3. The molecule has 0 aliphatic heterocycles. The summed E-state index contributed by atoms with van der Waals surface area (Å²) < 4.78 is 5.61. The van der Waals surface area contributed by atoms with Gasteiger partial charge in [0.05, 0.1) is 24.3 Å². The second-order valence-electron chi connectivity index (χ2n) is 2.71. The van der Waals surface area contributed by atoms with Gasteiger partial charge in [0.15, 0.2) is 11.5 Å². The van der Waals surface area contributed by atoms with E-state index in [1.54, 1.807) is 12.3 Å². The summed E-state index contributed by atoms with van der Waals surface area (Å²) in [5, 5.41) is 9.47. The van der Waals surface area contributed by atoms with Crippen LogP contribution in [-0.4, -0.2) is 22.2 Å². The minimum absolute atomic E-state index is 0.0663. The fraction of sp³-hybridized carbons (Fsp3) is 0.111. The Morgan fingerprint density at radius 3 is 2.86 bits per heavy atom. The van der Waals surface area contributed by atoms with Gasteiger partial charge in [-0.1, -0.05) is 0 Å². The molecule has 1 heterocycles. The van der Waals surface area contributed by atoms with Crippen LogP contribution >= 0.6 is 15.9 Å². The van der Waals surface area contributed by atoms with Gasteiger partial charge in [0.25, 0.3) is 0 Å². The van der Waals surface area contributed by atoms with Gasteiger partial charge in [0.1, 0.15) is 4.60 Å². The largest absolute Gasteiger partial charge is 0.504 e. The Kier molecular flexibility index (Phi) is 2.25. The lowest BCUT2D eigenvalue weighted by molar-refractivity contribution is 0.374. The van der Waals surface area contributed by atoms with E-state index in [0.29, 0.717) is 21.4 Å². The number of halogens is 1. The lowest BCUT2D eigenvalue weighted by Gasteiger charge is -2.04. The maximum Gasteiger partial charge on any atom is 0.162 e. The van der Waals surface area contributed by atoms with Crippen LogP contribution in [0.4, 0.5) is 0 Å². The van der Waals surface area contributed by atoms with E-state index in [4.69, 9.17) is 4.74 Å². The summed E-state index contributed by atoms with van der Waals surface area (Å²) in [6.07, 6.45) is 1.58. The maximum atomic E-state index is 9.47. The SMILES string of the molecule is COc1cc2nc(Br)cnc2cc1O. The molecule has 0 aliphatic rings. The summed E-state index contributed by atoms with van der Waals surface area (Å²) in [7, 11) is 1.49. The van der Waals surface area contributed by atoms with Crippen molar-refractivity contribution in [2.75, 3.05) is 7.11 Å². The van der Waals surface area contributed by atoms with E-state index >= 15 is 0 Å². The normalized spacial score (nSPS) is 10.4. The first kappa shape index (κ1) is 9.21. The van der Waals surface area contributed by atoms with Crippen molar-refractivity contribution in [2.24, 2.45) is 0 Å². The number of benzene rings is 1. The fourth-order valence-corrected chi connectivity index (χ4v) is 1.46. The third kappa shape index (κ3) is 1.50. The summed E-state index contributed by atoms with van der Waals surface area (Å²) in [5.74, 6) is 0.460. The summed E-state index contributed by atoms with van der Waals surface area (Å²) in [6, 6.07) is 3.16. The van der Waals surface area contributed by atoms with Gasteiger partial charge in [0, 0.05) is 12.1 Å². The van der Waals surface area contributed by atoms with Crippen LogP contribution in [0.5, 0.6) is 11.5 Å². The summed E-state index contributed by atoms with van der Waals surface area (Å²) in [4.78, 5) is 8.28. The summed E-state index contributed by atoms with van der Waals surface area (Å²) in [6.45, 7) is 0. The molecule has 0 aliphatic carbocycles. The first-order valence-electron chi connectivity index (χ1n) is 3.90. The molecular weight excluding hydrogens is 248 g/mol. The van der Waals surface area contributed by atoms with Crippen molar-refractivity contribution in [3.8, 4) is 11.5 Å². The van der Waals surface area contributed by atoms with Gasteiger partial charge in [-0.2, -0.15) is 0 Å². The van der Waals surface area contributed by atoms with E-state index in [-0.39, 0.29) is 5.75 Å². The molecule has 4 nitrogen and oxygen atoms in total. The quantitative estimate of drug-likeness (QED) is 0.847. The van der Waals surface area contributed by atoms with Crippen LogP contribution < -0.4 is 4.74 Å². The topological polar surface area (TPSA) is 55.2 Å². The molecule has 1 aromatic carbocycles. The molecule has 0 saturated heterocycles. The van der Waals surface area contributed by atoms with Gasteiger partial charge < -0.3 is 9.84 Å². The molecule has 0 amide bonds. The van der Waals surface area contributed by atoms with Crippen LogP contribution in [0, 0.1) is 0 Å². The number of phenolic OH excluding ortho intramolecular Hbond substituents is 1. The van der Waals surface area contributed by atoms with E-state index in [2.05, 4.69) is 25.9 Å². The van der Waals surface area contributed by atoms with Crippen LogP contribution in [0.15, 0.2) is 22.9 Å². The smallest absolute Gasteiger partial charge is 0.162 e. The minimum Gasteiger partial charge on any atom is -0.504 e. The number of aromatic nitrogens is 2. The molecule has 0 atom stereocenters. The van der Waals surface area contributed by atoms with Gasteiger partial charge in [-0.15, -0.1) is 0 Å². The highest BCUT2D eigenvalue weighted by molar-refractivity contribution is 9.10. The van der Waals surface area contributed by atoms with Gasteiger partial charge >= 0.3 is 0 Å². The highest BCUT2D eigenvalue weighted by Crippen LogP contribution is 2.29. The van der Waals surface area contributed by atoms with Crippen molar-refractivity contribution in [3.63, 3.8) is 0 Å². The number of ether oxygens (including phenoxy) is 1. The van der Waals surface area contributed by atoms with Gasteiger partial charge in [0.2, 0.25) is 0 Å². The van der Waals surface area contributed by atoms with Crippen LogP contribution in [0.1, 0.15) is 0 Å². The minimum atomic E-state index is 0.0663. The molecule has 0 unspecified atom stereocenters. The van der Waals surface area contributed by atoms with Crippen molar-refractivity contribution in [3.05, 3.63) is 22.9 Å². The molecule has 0 radical (unpaired) electrons. The van der Waals surface area contributed by atoms with Gasteiger partial charge in [-0.05, 0) is 15.9 Å². The molecule has 1 N–H and O–H groups in total. The molecule has 0 bridgehead atoms. The van der Waals surface area contributed by atoms with Crippen LogP contribution in [0.2, 0.25) is 0 Å². The third-order valence-electron chi connectivity index (χ3n) is 1.81. The van der Waals surface area contributed by atoms with Crippen molar-refractivity contribution < 1.29 is 9.84 Å². The van der Waals surface area contributed by atoms with Crippen LogP contribution in [-0.2, 0) is 0 Å². The number of nitrogens with zero attached hydrogens (tertiary/aromatic N) is 2. The van der Waals surface area contributed by atoms with Gasteiger partial charge in [-0.25, -0.2) is 4.98 Å². The lowest BCUT2D eigenvalue weighted by atomic mass is 10.2. The molecule has 72 valence electrons. The Hall–Kier alpha value is -1.36. The zero-order chi connectivity index (χ0) is 10.1. The Balaban J connectivity index is 2.73. The van der Waals surface area contributed by atoms with Gasteiger partial charge in [-0.3, -0.25) is 4.98 Å². The highest BCUT2D eigenvalue weighted by atomic mass is 79.9. The highest BCUT2D eigenvalue weighted by Gasteiger charge is 2.05. The van der Waals surface area contributed by atoms with E-state index in [1.165, 1.54) is 13.2 Å². The van der Waals surface area contributed by atoms with Crippen LogP contribution in [0.25, 0.3) is 11.0 Å². The monoisotopic (exact) mass is 254 g/mol. The third-order valence-corrected chi connectivity index (χ3v) is 2.20. The average molecular weight is 255 g/mol. The van der Waals surface area contributed by atoms with Crippen molar-refractivity contribution in [1.29, 1.82) is 0 Å². The van der Waals surface area contributed by atoms with Crippen molar-refractivity contribution >= 4 is 27.0 Å². The Morgan fingerprint density at radius 1 is 1.36 bits per heavy atom. The number of hydrogen-bond acceptors (Lipinski definition) is 4. The Labute approximate surface area is 88.7 Å². The summed E-state index contributed by atoms with van der Waals surface area (Å²) in [5.41, 5.74) is 1.31. The average Bonchev–Trinajstić information content (AvgIpc) is 2.17.